The summed E-state index contributed by atoms with van der Waals surface area (Å²) in [7, 11) is 4.03. The zero-order valence-electron chi connectivity index (χ0n) is 18.1. The van der Waals surface area contributed by atoms with Crippen LogP contribution in [0.1, 0.15) is 36.9 Å². The van der Waals surface area contributed by atoms with Gasteiger partial charge < -0.3 is 15.5 Å². The molecule has 0 unspecified atom stereocenters. The summed E-state index contributed by atoms with van der Waals surface area (Å²) in [6.45, 7) is 4.44. The zero-order valence-corrected chi connectivity index (χ0v) is 18.1. The second kappa shape index (κ2) is 10.3. The smallest absolute Gasteiger partial charge is 0.313 e. The summed E-state index contributed by atoms with van der Waals surface area (Å²) < 4.78 is 0. The molecule has 1 saturated heterocycles. The Kier molecular flexibility index (Phi) is 7.46. The highest BCUT2D eigenvalue weighted by molar-refractivity contribution is 6.39. The Balaban J connectivity index is 1.66. The van der Waals surface area contributed by atoms with Crippen molar-refractivity contribution in [3.05, 3.63) is 59.7 Å². The van der Waals surface area contributed by atoms with Crippen LogP contribution in [-0.2, 0) is 16.0 Å². The van der Waals surface area contributed by atoms with E-state index < -0.39 is 11.8 Å². The standard InChI is InChI=1S/C24H32N4O2/c1-4-18-9-5-6-10-21(18)26-24(30)23(29)25-17-22(28-15-7-8-16-28)19-11-13-20(14-12-19)27(2)3/h5-6,9-14,22H,4,7-8,15-17H2,1-3H3,(H,25,29)(H,26,30)/t22-/m1/s1. The quantitative estimate of drug-likeness (QED) is 0.691. The van der Waals surface area contributed by atoms with Crippen LogP contribution >= 0.6 is 0 Å². The van der Waals surface area contributed by atoms with E-state index >= 15 is 0 Å². The molecule has 6 nitrogen and oxygen atoms in total. The predicted octanol–water partition coefficient (Wildman–Crippen LogP) is 3.21. The summed E-state index contributed by atoms with van der Waals surface area (Å²) in [5.74, 6) is -1.23. The van der Waals surface area contributed by atoms with E-state index in [-0.39, 0.29) is 6.04 Å². The van der Waals surface area contributed by atoms with Crippen LogP contribution in [0.4, 0.5) is 11.4 Å². The molecule has 0 bridgehead atoms. The fourth-order valence-corrected chi connectivity index (χ4v) is 3.90. The van der Waals surface area contributed by atoms with E-state index in [2.05, 4.69) is 44.7 Å². The van der Waals surface area contributed by atoms with Crippen LogP contribution in [0.3, 0.4) is 0 Å². The number of amides is 2. The summed E-state index contributed by atoms with van der Waals surface area (Å²) >= 11 is 0. The molecule has 0 aliphatic carbocycles. The molecule has 2 amide bonds. The molecule has 3 rings (SSSR count). The van der Waals surface area contributed by atoms with E-state index in [1.807, 2.05) is 45.3 Å². The van der Waals surface area contributed by atoms with Gasteiger partial charge in [0.15, 0.2) is 0 Å². The van der Waals surface area contributed by atoms with Gasteiger partial charge in [0.2, 0.25) is 0 Å². The molecule has 0 aromatic heterocycles. The van der Waals surface area contributed by atoms with Gasteiger partial charge in [-0.3, -0.25) is 14.5 Å². The number of hydrogen-bond donors (Lipinski definition) is 2. The lowest BCUT2D eigenvalue weighted by molar-refractivity contribution is -0.136. The normalized spacial score (nSPS) is 14.9. The molecule has 1 fully saturated rings. The molecule has 1 atom stereocenters. The molecule has 1 heterocycles. The minimum Gasteiger partial charge on any atom is -0.378 e. The van der Waals surface area contributed by atoms with Crippen molar-refractivity contribution in [2.24, 2.45) is 0 Å². The third-order valence-electron chi connectivity index (χ3n) is 5.68. The molecule has 2 aromatic carbocycles. The van der Waals surface area contributed by atoms with Gasteiger partial charge in [-0.25, -0.2) is 0 Å². The highest BCUT2D eigenvalue weighted by Crippen LogP contribution is 2.26. The maximum absolute atomic E-state index is 12.5. The van der Waals surface area contributed by atoms with Crippen molar-refractivity contribution in [3.8, 4) is 0 Å². The molecule has 0 spiro atoms. The van der Waals surface area contributed by atoms with Gasteiger partial charge >= 0.3 is 11.8 Å². The number of anilines is 2. The van der Waals surface area contributed by atoms with Gasteiger partial charge in [0.1, 0.15) is 0 Å². The summed E-state index contributed by atoms with van der Waals surface area (Å²) in [4.78, 5) is 29.4. The van der Waals surface area contributed by atoms with Gasteiger partial charge in [-0.15, -0.1) is 0 Å². The average Bonchev–Trinajstić information content (AvgIpc) is 3.29. The Hall–Kier alpha value is -2.86. The lowest BCUT2D eigenvalue weighted by Gasteiger charge is -2.28. The van der Waals surface area contributed by atoms with Crippen LogP contribution in [0.2, 0.25) is 0 Å². The molecule has 1 aliphatic rings. The first-order chi connectivity index (χ1) is 14.5. The van der Waals surface area contributed by atoms with Crippen LogP contribution in [0.5, 0.6) is 0 Å². The van der Waals surface area contributed by atoms with Gasteiger partial charge in [0.25, 0.3) is 0 Å². The minimum atomic E-state index is -0.626. The minimum absolute atomic E-state index is 0.0587. The van der Waals surface area contributed by atoms with Crippen molar-refractivity contribution >= 4 is 23.2 Å². The largest absolute Gasteiger partial charge is 0.378 e. The number of carbonyl (C=O) groups excluding carboxylic acids is 2. The highest BCUT2D eigenvalue weighted by atomic mass is 16.2. The van der Waals surface area contributed by atoms with E-state index in [4.69, 9.17) is 0 Å². The van der Waals surface area contributed by atoms with Crippen molar-refractivity contribution in [1.29, 1.82) is 0 Å². The third kappa shape index (κ3) is 5.39. The van der Waals surface area contributed by atoms with Crippen LogP contribution in [0.25, 0.3) is 0 Å². The van der Waals surface area contributed by atoms with Crippen molar-refractivity contribution in [2.45, 2.75) is 32.2 Å². The fourth-order valence-electron chi connectivity index (χ4n) is 3.90. The molecule has 2 N–H and O–H groups in total. The number of benzene rings is 2. The second-order valence-electron chi connectivity index (χ2n) is 7.92. The van der Waals surface area contributed by atoms with E-state index in [0.717, 1.165) is 49.2 Å². The van der Waals surface area contributed by atoms with Crippen molar-refractivity contribution in [1.82, 2.24) is 10.2 Å². The summed E-state index contributed by atoms with van der Waals surface area (Å²) in [6, 6.07) is 16.0. The van der Waals surface area contributed by atoms with E-state index in [0.29, 0.717) is 12.2 Å². The number of para-hydroxylation sites is 1. The molecule has 0 saturated carbocycles. The maximum Gasteiger partial charge on any atom is 0.313 e. The number of carbonyl (C=O) groups is 2. The van der Waals surface area contributed by atoms with Crippen molar-refractivity contribution in [2.75, 3.05) is 43.9 Å². The number of aryl methyl sites for hydroxylation is 1. The topological polar surface area (TPSA) is 64.7 Å². The first-order valence-electron chi connectivity index (χ1n) is 10.7. The summed E-state index contributed by atoms with van der Waals surface area (Å²) in [6.07, 6.45) is 3.11. The molecule has 6 heteroatoms. The first-order valence-corrected chi connectivity index (χ1v) is 10.7. The van der Waals surface area contributed by atoms with Gasteiger partial charge in [0, 0.05) is 32.0 Å². The lowest BCUT2D eigenvalue weighted by atomic mass is 10.0. The van der Waals surface area contributed by atoms with Gasteiger partial charge in [-0.2, -0.15) is 0 Å². The van der Waals surface area contributed by atoms with Gasteiger partial charge in [-0.05, 0) is 61.7 Å². The average molecular weight is 409 g/mol. The monoisotopic (exact) mass is 408 g/mol. The molecule has 30 heavy (non-hydrogen) atoms. The summed E-state index contributed by atoms with van der Waals surface area (Å²) in [5.41, 5.74) is 3.99. The Morgan fingerprint density at radius 3 is 2.30 bits per heavy atom. The third-order valence-corrected chi connectivity index (χ3v) is 5.68. The second-order valence-corrected chi connectivity index (χ2v) is 7.92. The number of rotatable bonds is 7. The molecule has 0 radical (unpaired) electrons. The number of nitrogens with one attached hydrogen (secondary N) is 2. The number of hydrogen-bond acceptors (Lipinski definition) is 4. The van der Waals surface area contributed by atoms with Crippen LogP contribution in [0.15, 0.2) is 48.5 Å². The lowest BCUT2D eigenvalue weighted by Crippen LogP contribution is -2.41. The van der Waals surface area contributed by atoms with E-state index in [1.54, 1.807) is 0 Å². The Labute approximate surface area is 179 Å². The molecular formula is C24H32N4O2. The molecule has 1 aliphatic heterocycles. The highest BCUT2D eigenvalue weighted by Gasteiger charge is 2.25. The maximum atomic E-state index is 12.5. The van der Waals surface area contributed by atoms with Gasteiger partial charge in [-0.1, -0.05) is 37.3 Å². The molecular weight excluding hydrogens is 376 g/mol. The zero-order chi connectivity index (χ0) is 21.5. The number of likely N-dealkylation sites (tertiary alicyclic amines) is 1. The summed E-state index contributed by atoms with van der Waals surface area (Å²) in [5, 5.41) is 5.59. The Morgan fingerprint density at radius 1 is 1.00 bits per heavy atom. The van der Waals surface area contributed by atoms with Crippen molar-refractivity contribution < 1.29 is 9.59 Å². The van der Waals surface area contributed by atoms with E-state index in [1.165, 1.54) is 0 Å². The first kappa shape index (κ1) is 21.8. The SMILES string of the molecule is CCc1ccccc1NC(=O)C(=O)NC[C@H](c1ccc(N(C)C)cc1)N1CCCC1. The predicted molar refractivity (Wildman–Crippen MR) is 122 cm³/mol. The van der Waals surface area contributed by atoms with E-state index in [9.17, 15) is 9.59 Å². The fraction of sp³-hybridized carbons (Fsp3) is 0.417. The number of nitrogens with zero attached hydrogens (tertiary/aromatic N) is 2. The van der Waals surface area contributed by atoms with Crippen molar-refractivity contribution in [3.63, 3.8) is 0 Å². The van der Waals surface area contributed by atoms with Crippen LogP contribution in [0, 0.1) is 0 Å². The van der Waals surface area contributed by atoms with Gasteiger partial charge in [0.05, 0.1) is 6.04 Å². The van der Waals surface area contributed by atoms with Crippen LogP contribution in [-0.4, -0.2) is 50.4 Å². The van der Waals surface area contributed by atoms with Crippen LogP contribution < -0.4 is 15.5 Å². The molecule has 2 aromatic rings. The Morgan fingerprint density at radius 2 is 1.67 bits per heavy atom. The molecule has 160 valence electrons. The Bertz CT molecular complexity index is 858.